The SMILES string of the molecule is CCC1c2cccc3c(OC(OC)C(C)C)ccc(c23)C1CC. The number of ether oxygens (including phenoxy) is 2. The van der Waals surface area contributed by atoms with Crippen LogP contribution in [0.4, 0.5) is 0 Å². The summed E-state index contributed by atoms with van der Waals surface area (Å²) >= 11 is 0. The van der Waals surface area contributed by atoms with Crippen LogP contribution in [-0.2, 0) is 4.74 Å². The highest BCUT2D eigenvalue weighted by molar-refractivity contribution is 5.96. The number of rotatable bonds is 6. The predicted octanol–water partition coefficient (Wildman–Crippen LogP) is 5.85. The maximum atomic E-state index is 6.19. The van der Waals surface area contributed by atoms with Crippen molar-refractivity contribution < 1.29 is 9.47 Å². The third kappa shape index (κ3) is 2.63. The summed E-state index contributed by atoms with van der Waals surface area (Å²) in [5.41, 5.74) is 2.99. The highest BCUT2D eigenvalue weighted by Crippen LogP contribution is 2.51. The first kappa shape index (κ1) is 16.3. The van der Waals surface area contributed by atoms with Gasteiger partial charge in [-0.15, -0.1) is 0 Å². The van der Waals surface area contributed by atoms with Gasteiger partial charge in [-0.1, -0.05) is 52.0 Å². The van der Waals surface area contributed by atoms with E-state index in [1.165, 1.54) is 34.7 Å². The molecule has 0 aliphatic heterocycles. The van der Waals surface area contributed by atoms with Crippen LogP contribution in [-0.4, -0.2) is 13.4 Å². The van der Waals surface area contributed by atoms with Crippen LogP contribution in [0.25, 0.3) is 10.8 Å². The van der Waals surface area contributed by atoms with Gasteiger partial charge in [0.1, 0.15) is 5.75 Å². The first-order valence-corrected chi connectivity index (χ1v) is 8.87. The minimum absolute atomic E-state index is 0.211. The molecule has 0 heterocycles. The summed E-state index contributed by atoms with van der Waals surface area (Å²) in [6.07, 6.45) is 2.17. The van der Waals surface area contributed by atoms with Crippen molar-refractivity contribution in [1.29, 1.82) is 0 Å². The molecule has 0 spiro atoms. The smallest absolute Gasteiger partial charge is 0.201 e. The zero-order valence-electron chi connectivity index (χ0n) is 14.9. The van der Waals surface area contributed by atoms with E-state index in [-0.39, 0.29) is 6.29 Å². The number of methoxy groups -OCH3 is 1. The van der Waals surface area contributed by atoms with Crippen LogP contribution in [0, 0.1) is 5.92 Å². The summed E-state index contributed by atoms with van der Waals surface area (Å²) in [6.45, 7) is 8.84. The molecule has 0 radical (unpaired) electrons. The number of benzene rings is 2. The molecule has 3 unspecified atom stereocenters. The topological polar surface area (TPSA) is 18.5 Å². The Morgan fingerprint density at radius 2 is 1.61 bits per heavy atom. The van der Waals surface area contributed by atoms with Crippen LogP contribution in [0.3, 0.4) is 0 Å². The van der Waals surface area contributed by atoms with E-state index in [0.717, 1.165) is 5.75 Å². The quantitative estimate of drug-likeness (QED) is 0.623. The van der Waals surface area contributed by atoms with Crippen LogP contribution in [0.1, 0.15) is 63.5 Å². The molecule has 23 heavy (non-hydrogen) atoms. The van der Waals surface area contributed by atoms with E-state index in [0.29, 0.717) is 17.8 Å². The highest BCUT2D eigenvalue weighted by Gasteiger charge is 2.32. The van der Waals surface area contributed by atoms with Crippen molar-refractivity contribution in [1.82, 2.24) is 0 Å². The molecule has 0 N–H and O–H groups in total. The van der Waals surface area contributed by atoms with Gasteiger partial charge < -0.3 is 9.47 Å². The van der Waals surface area contributed by atoms with E-state index in [4.69, 9.17) is 9.47 Å². The molecule has 2 aromatic rings. The summed E-state index contributed by atoms with van der Waals surface area (Å²) in [7, 11) is 1.71. The second kappa shape index (κ2) is 6.52. The van der Waals surface area contributed by atoms with Crippen LogP contribution in [0.5, 0.6) is 5.75 Å². The van der Waals surface area contributed by atoms with Crippen molar-refractivity contribution >= 4 is 10.8 Å². The predicted molar refractivity (Wildman–Crippen MR) is 96.3 cm³/mol. The number of hydrogen-bond donors (Lipinski definition) is 0. The molecule has 0 bridgehead atoms. The Morgan fingerprint density at radius 3 is 2.17 bits per heavy atom. The molecule has 3 atom stereocenters. The standard InChI is InChI=1S/C21H28O2/c1-6-14-15(7-2)17-11-12-19(23-21(22-5)13(3)4)18-10-8-9-16(14)20(17)18/h8-15,21H,6-7H2,1-5H3. The molecule has 0 fully saturated rings. The minimum atomic E-state index is -0.211. The lowest BCUT2D eigenvalue weighted by Crippen LogP contribution is -2.25. The van der Waals surface area contributed by atoms with Crippen molar-refractivity contribution in [3.8, 4) is 5.75 Å². The van der Waals surface area contributed by atoms with Crippen molar-refractivity contribution in [3.05, 3.63) is 41.5 Å². The van der Waals surface area contributed by atoms with E-state index >= 15 is 0 Å². The van der Waals surface area contributed by atoms with Gasteiger partial charge in [0.15, 0.2) is 0 Å². The van der Waals surface area contributed by atoms with E-state index in [1.807, 2.05) is 0 Å². The van der Waals surface area contributed by atoms with Crippen LogP contribution < -0.4 is 4.74 Å². The van der Waals surface area contributed by atoms with Crippen molar-refractivity contribution in [2.45, 2.75) is 58.7 Å². The highest BCUT2D eigenvalue weighted by atomic mass is 16.7. The largest absolute Gasteiger partial charge is 0.464 e. The summed E-state index contributed by atoms with van der Waals surface area (Å²) in [5.74, 6) is 2.53. The van der Waals surface area contributed by atoms with E-state index in [1.54, 1.807) is 7.11 Å². The van der Waals surface area contributed by atoms with Gasteiger partial charge in [-0.3, -0.25) is 0 Å². The van der Waals surface area contributed by atoms with Gasteiger partial charge in [-0.2, -0.15) is 0 Å². The van der Waals surface area contributed by atoms with Gasteiger partial charge >= 0.3 is 0 Å². The molecule has 1 aliphatic rings. The molecule has 0 saturated heterocycles. The molecule has 1 aliphatic carbocycles. The van der Waals surface area contributed by atoms with Crippen LogP contribution in [0.2, 0.25) is 0 Å². The molecular formula is C21H28O2. The van der Waals surface area contributed by atoms with Crippen LogP contribution >= 0.6 is 0 Å². The average Bonchev–Trinajstić information content (AvgIpc) is 2.88. The summed E-state index contributed by atoms with van der Waals surface area (Å²) in [5, 5.41) is 2.65. The Balaban J connectivity index is 2.12. The van der Waals surface area contributed by atoms with Crippen molar-refractivity contribution in [2.24, 2.45) is 5.92 Å². The summed E-state index contributed by atoms with van der Waals surface area (Å²) in [4.78, 5) is 0. The van der Waals surface area contributed by atoms with E-state index in [9.17, 15) is 0 Å². The van der Waals surface area contributed by atoms with Gasteiger partial charge in [0, 0.05) is 18.4 Å². The van der Waals surface area contributed by atoms with Gasteiger partial charge in [-0.25, -0.2) is 0 Å². The van der Waals surface area contributed by atoms with E-state index < -0.39 is 0 Å². The first-order chi connectivity index (χ1) is 11.1. The molecule has 2 nitrogen and oxygen atoms in total. The second-order valence-corrected chi connectivity index (χ2v) is 6.92. The Kier molecular flexibility index (Phi) is 4.63. The molecule has 124 valence electrons. The molecule has 0 amide bonds. The monoisotopic (exact) mass is 312 g/mol. The van der Waals surface area contributed by atoms with Crippen LogP contribution in [0.15, 0.2) is 30.3 Å². The van der Waals surface area contributed by atoms with Crippen molar-refractivity contribution in [2.75, 3.05) is 7.11 Å². The summed E-state index contributed by atoms with van der Waals surface area (Å²) in [6, 6.07) is 11.1. The fourth-order valence-electron chi connectivity index (χ4n) is 4.18. The zero-order valence-corrected chi connectivity index (χ0v) is 14.9. The maximum absolute atomic E-state index is 6.19. The molecule has 0 aromatic heterocycles. The minimum Gasteiger partial charge on any atom is -0.464 e. The Hall–Kier alpha value is -1.54. The van der Waals surface area contributed by atoms with Gasteiger partial charge in [0.05, 0.1) is 0 Å². The van der Waals surface area contributed by atoms with E-state index in [2.05, 4.69) is 58.0 Å². The van der Waals surface area contributed by atoms with Gasteiger partial charge in [0.2, 0.25) is 6.29 Å². The lowest BCUT2D eigenvalue weighted by Gasteiger charge is -2.22. The van der Waals surface area contributed by atoms with Crippen molar-refractivity contribution in [3.63, 3.8) is 0 Å². The first-order valence-electron chi connectivity index (χ1n) is 8.87. The zero-order chi connectivity index (χ0) is 16.6. The molecule has 2 aromatic carbocycles. The number of hydrogen-bond acceptors (Lipinski definition) is 2. The molecule has 3 rings (SSSR count). The Morgan fingerprint density at radius 1 is 0.957 bits per heavy atom. The maximum Gasteiger partial charge on any atom is 0.201 e. The lowest BCUT2D eigenvalue weighted by atomic mass is 9.86. The third-order valence-corrected chi connectivity index (χ3v) is 5.25. The fraction of sp³-hybridized carbons (Fsp3) is 0.524. The third-order valence-electron chi connectivity index (χ3n) is 5.25. The lowest BCUT2D eigenvalue weighted by molar-refractivity contribution is -0.0825. The Labute approximate surface area is 139 Å². The average molecular weight is 312 g/mol. The molecule has 2 heteroatoms. The normalized spacial score (nSPS) is 21.1. The summed E-state index contributed by atoms with van der Waals surface area (Å²) < 4.78 is 11.7. The fourth-order valence-corrected chi connectivity index (χ4v) is 4.18. The van der Waals surface area contributed by atoms with Gasteiger partial charge in [0.25, 0.3) is 0 Å². The van der Waals surface area contributed by atoms with Gasteiger partial charge in [-0.05, 0) is 47.3 Å². The Bertz CT molecular complexity index is 673. The molecule has 0 saturated carbocycles. The second-order valence-electron chi connectivity index (χ2n) is 6.92. The molecular weight excluding hydrogens is 284 g/mol.